The van der Waals surface area contributed by atoms with Crippen LogP contribution in [-0.2, 0) is 16.1 Å². The van der Waals surface area contributed by atoms with Gasteiger partial charge in [0.05, 0.1) is 10.6 Å². The minimum Gasteiger partial charge on any atom is -0.362 e. The zero-order valence-corrected chi connectivity index (χ0v) is 19.5. The molecule has 3 rings (SSSR count). The van der Waals surface area contributed by atoms with E-state index < -0.39 is 0 Å². The number of amides is 2. The van der Waals surface area contributed by atoms with Crippen molar-refractivity contribution in [2.75, 3.05) is 13.1 Å². The fraction of sp³-hybridized carbons (Fsp3) is 0.360. The lowest BCUT2D eigenvalue weighted by Gasteiger charge is -2.25. The Morgan fingerprint density at radius 1 is 0.903 bits per heavy atom. The Morgan fingerprint density at radius 3 is 2.29 bits per heavy atom. The molecular formula is C25H28Cl2N2O2. The number of likely N-dealkylation sites (N-methyl/N-ethyl adjacent to an activating group) is 1. The minimum atomic E-state index is -0.285. The lowest BCUT2D eigenvalue weighted by Crippen LogP contribution is -2.35. The lowest BCUT2D eigenvalue weighted by atomic mass is 10.0. The van der Waals surface area contributed by atoms with Gasteiger partial charge in [-0.3, -0.25) is 14.5 Å². The normalized spacial score (nSPS) is 14.0. The van der Waals surface area contributed by atoms with Crippen LogP contribution >= 0.6 is 23.2 Å². The number of halogens is 2. The number of hydrogen-bond donors (Lipinski definition) is 0. The third kappa shape index (κ3) is 5.31. The van der Waals surface area contributed by atoms with Crippen LogP contribution in [-0.4, -0.2) is 34.7 Å². The van der Waals surface area contributed by atoms with Gasteiger partial charge in [-0.05, 0) is 31.0 Å². The molecule has 1 aliphatic rings. The first kappa shape index (κ1) is 23.4. The van der Waals surface area contributed by atoms with E-state index in [0.717, 1.165) is 31.2 Å². The predicted molar refractivity (Wildman–Crippen MR) is 127 cm³/mol. The van der Waals surface area contributed by atoms with Gasteiger partial charge in [0.15, 0.2) is 0 Å². The molecule has 2 aromatic rings. The van der Waals surface area contributed by atoms with Gasteiger partial charge in [0.2, 0.25) is 0 Å². The summed E-state index contributed by atoms with van der Waals surface area (Å²) < 4.78 is 0. The first-order valence-corrected chi connectivity index (χ1v) is 11.6. The van der Waals surface area contributed by atoms with Gasteiger partial charge in [-0.15, -0.1) is 0 Å². The molecule has 4 nitrogen and oxygen atoms in total. The van der Waals surface area contributed by atoms with E-state index in [4.69, 9.17) is 23.2 Å². The van der Waals surface area contributed by atoms with Crippen LogP contribution in [0.1, 0.15) is 50.7 Å². The van der Waals surface area contributed by atoms with Crippen LogP contribution in [0.25, 0.3) is 5.57 Å². The summed E-state index contributed by atoms with van der Waals surface area (Å²) in [6.07, 6.45) is 3.96. The monoisotopic (exact) mass is 458 g/mol. The number of unbranched alkanes of at least 4 members (excludes halogenated alkanes) is 3. The average molecular weight is 459 g/mol. The quantitative estimate of drug-likeness (QED) is 0.315. The Bertz CT molecular complexity index is 973. The molecule has 0 N–H and O–H groups in total. The van der Waals surface area contributed by atoms with Gasteiger partial charge in [0.25, 0.3) is 11.8 Å². The fourth-order valence-electron chi connectivity index (χ4n) is 3.84. The van der Waals surface area contributed by atoms with Crippen molar-refractivity contribution in [2.24, 2.45) is 0 Å². The number of imide groups is 1. The molecule has 2 aromatic carbocycles. The molecule has 164 valence electrons. The van der Waals surface area contributed by atoms with Gasteiger partial charge < -0.3 is 4.90 Å². The zero-order valence-electron chi connectivity index (χ0n) is 18.0. The highest BCUT2D eigenvalue weighted by atomic mass is 35.5. The molecule has 0 radical (unpaired) electrons. The molecule has 0 spiro atoms. The summed E-state index contributed by atoms with van der Waals surface area (Å²) in [5, 5.41) is 0.852. The Hall–Kier alpha value is -2.30. The van der Waals surface area contributed by atoms with E-state index in [2.05, 4.69) is 6.92 Å². The summed E-state index contributed by atoms with van der Waals surface area (Å²) in [6.45, 7) is 5.65. The van der Waals surface area contributed by atoms with Crippen molar-refractivity contribution >= 4 is 40.6 Å². The van der Waals surface area contributed by atoms with Crippen LogP contribution in [0.15, 0.2) is 54.2 Å². The molecule has 6 heteroatoms. The van der Waals surface area contributed by atoms with Crippen molar-refractivity contribution in [3.8, 4) is 0 Å². The van der Waals surface area contributed by atoms with Crippen LogP contribution in [0, 0.1) is 0 Å². The molecule has 0 unspecified atom stereocenters. The highest BCUT2D eigenvalue weighted by molar-refractivity contribution is 6.41. The van der Waals surface area contributed by atoms with Gasteiger partial charge in [0.1, 0.15) is 5.70 Å². The third-order valence-corrected chi connectivity index (χ3v) is 6.04. The molecule has 0 bridgehead atoms. The molecular weight excluding hydrogens is 431 g/mol. The topological polar surface area (TPSA) is 40.6 Å². The van der Waals surface area contributed by atoms with Crippen molar-refractivity contribution in [2.45, 2.75) is 46.1 Å². The van der Waals surface area contributed by atoms with Gasteiger partial charge in [-0.25, -0.2) is 0 Å². The Balaban J connectivity index is 2.02. The Labute approximate surface area is 194 Å². The van der Waals surface area contributed by atoms with Crippen molar-refractivity contribution in [3.63, 3.8) is 0 Å². The molecule has 0 aromatic heterocycles. The fourth-order valence-corrected chi connectivity index (χ4v) is 4.35. The van der Waals surface area contributed by atoms with Crippen LogP contribution in [0.2, 0.25) is 10.0 Å². The van der Waals surface area contributed by atoms with E-state index in [-0.39, 0.29) is 11.8 Å². The molecule has 2 amide bonds. The van der Waals surface area contributed by atoms with Gasteiger partial charge in [-0.2, -0.15) is 0 Å². The van der Waals surface area contributed by atoms with Gasteiger partial charge in [-0.1, -0.05) is 85.8 Å². The van der Waals surface area contributed by atoms with Crippen LogP contribution in [0.5, 0.6) is 0 Å². The molecule has 0 saturated carbocycles. The minimum absolute atomic E-state index is 0.250. The molecule has 0 fully saturated rings. The van der Waals surface area contributed by atoms with Gasteiger partial charge >= 0.3 is 0 Å². The summed E-state index contributed by atoms with van der Waals surface area (Å²) in [6, 6.07) is 15.0. The van der Waals surface area contributed by atoms with Crippen molar-refractivity contribution < 1.29 is 9.59 Å². The summed E-state index contributed by atoms with van der Waals surface area (Å²) in [7, 11) is 0. The largest absolute Gasteiger partial charge is 0.362 e. The smallest absolute Gasteiger partial charge is 0.277 e. The second kappa shape index (κ2) is 10.8. The second-order valence-electron chi connectivity index (χ2n) is 7.67. The van der Waals surface area contributed by atoms with E-state index in [1.807, 2.05) is 42.2 Å². The van der Waals surface area contributed by atoms with E-state index in [1.54, 1.807) is 18.2 Å². The summed E-state index contributed by atoms with van der Waals surface area (Å²) in [4.78, 5) is 30.2. The van der Waals surface area contributed by atoms with E-state index >= 15 is 0 Å². The van der Waals surface area contributed by atoms with Crippen LogP contribution in [0.4, 0.5) is 0 Å². The summed E-state index contributed by atoms with van der Waals surface area (Å²) in [5.74, 6) is -0.535. The maximum atomic E-state index is 13.5. The highest BCUT2D eigenvalue weighted by Gasteiger charge is 2.41. The Kier molecular flexibility index (Phi) is 8.16. The number of hydrogen-bond acceptors (Lipinski definition) is 3. The lowest BCUT2D eigenvalue weighted by molar-refractivity contribution is -0.137. The van der Waals surface area contributed by atoms with Crippen molar-refractivity contribution in [1.29, 1.82) is 0 Å². The first-order chi connectivity index (χ1) is 15.0. The van der Waals surface area contributed by atoms with Crippen LogP contribution in [0.3, 0.4) is 0 Å². The molecule has 0 saturated heterocycles. The Morgan fingerprint density at radius 2 is 1.65 bits per heavy atom. The highest BCUT2D eigenvalue weighted by Crippen LogP contribution is 2.36. The number of carbonyl (C=O) groups is 2. The molecule has 0 aliphatic carbocycles. The molecule has 0 atom stereocenters. The SMILES string of the molecule is CCCCCCN1C(=O)C(c2ccc(Cl)cc2Cl)=C(N(CC)Cc2ccccc2)C1=O. The van der Waals surface area contributed by atoms with Crippen molar-refractivity contribution in [1.82, 2.24) is 9.80 Å². The maximum Gasteiger partial charge on any atom is 0.277 e. The average Bonchev–Trinajstić information content (AvgIpc) is 3.00. The van der Waals surface area contributed by atoms with E-state index in [0.29, 0.717) is 46.5 Å². The first-order valence-electron chi connectivity index (χ1n) is 10.8. The van der Waals surface area contributed by atoms with Crippen molar-refractivity contribution in [3.05, 3.63) is 75.4 Å². The summed E-state index contributed by atoms with van der Waals surface area (Å²) >= 11 is 12.5. The van der Waals surface area contributed by atoms with E-state index in [1.165, 1.54) is 4.90 Å². The molecule has 1 aliphatic heterocycles. The standard InChI is InChI=1S/C25H28Cl2N2O2/c1-3-5-6-10-15-29-24(30)22(20-14-13-19(26)16-21(20)27)23(25(29)31)28(4-2)17-18-11-8-7-9-12-18/h7-9,11-14,16H,3-6,10,15,17H2,1-2H3. The third-order valence-electron chi connectivity index (χ3n) is 5.49. The number of nitrogens with zero attached hydrogens (tertiary/aromatic N) is 2. The number of rotatable bonds is 10. The van der Waals surface area contributed by atoms with E-state index in [9.17, 15) is 9.59 Å². The predicted octanol–water partition coefficient (Wildman–Crippen LogP) is 6.18. The zero-order chi connectivity index (χ0) is 22.4. The van der Waals surface area contributed by atoms with Crippen LogP contribution < -0.4 is 0 Å². The number of benzene rings is 2. The molecule has 1 heterocycles. The molecule has 31 heavy (non-hydrogen) atoms. The maximum absolute atomic E-state index is 13.5. The second-order valence-corrected chi connectivity index (χ2v) is 8.51. The summed E-state index contributed by atoms with van der Waals surface area (Å²) in [5.41, 5.74) is 2.39. The van der Waals surface area contributed by atoms with Gasteiger partial charge in [0, 0.05) is 30.2 Å². The number of carbonyl (C=O) groups excluding carboxylic acids is 2.